The molecule has 0 saturated carbocycles. The molecule has 1 amide bonds. The molecule has 126 valence electrons. The first-order valence-electron chi connectivity index (χ1n) is 7.35. The molecule has 1 aromatic carbocycles. The number of hydrogen-bond donors (Lipinski definition) is 2. The number of carbonyl (C=O) groups is 1. The Balaban J connectivity index is 1.49. The average molecular weight is 388 g/mol. The highest BCUT2D eigenvalue weighted by molar-refractivity contribution is 8.02. The maximum absolute atomic E-state index is 12.2. The molecule has 4 aromatic rings. The monoisotopic (exact) mass is 387 g/mol. The van der Waals surface area contributed by atoms with Crippen molar-refractivity contribution in [3.8, 4) is 0 Å². The fraction of sp³-hybridized carbons (Fsp3) is 0.0625. The van der Waals surface area contributed by atoms with Crippen LogP contribution < -0.4 is 10.0 Å². The summed E-state index contributed by atoms with van der Waals surface area (Å²) in [6, 6.07) is 11.7. The Morgan fingerprint density at radius 3 is 2.96 bits per heavy atom. The SMILES string of the molecule is Cn1ccc(C(=O)Nc2nc3ccc(NSc4cccs4)cc3s2)n1. The minimum absolute atomic E-state index is 0.258. The molecule has 3 aromatic heterocycles. The predicted octanol–water partition coefficient (Wildman–Crippen LogP) is 4.46. The lowest BCUT2D eigenvalue weighted by molar-refractivity contribution is 0.102. The average Bonchev–Trinajstić information content (AvgIpc) is 3.32. The first kappa shape index (κ1) is 16.1. The van der Waals surface area contributed by atoms with E-state index in [4.69, 9.17) is 0 Å². The van der Waals surface area contributed by atoms with Crippen LogP contribution in [-0.2, 0) is 7.05 Å². The molecule has 25 heavy (non-hydrogen) atoms. The number of anilines is 2. The van der Waals surface area contributed by atoms with E-state index in [2.05, 4.69) is 26.2 Å². The fourth-order valence-corrected chi connectivity index (χ4v) is 4.49. The summed E-state index contributed by atoms with van der Waals surface area (Å²) in [5.74, 6) is -0.258. The number of thiazole rings is 1. The molecule has 0 bridgehead atoms. The molecule has 4 rings (SSSR count). The van der Waals surface area contributed by atoms with Gasteiger partial charge in [-0.1, -0.05) is 17.4 Å². The minimum Gasteiger partial charge on any atom is -0.325 e. The van der Waals surface area contributed by atoms with E-state index in [0.717, 1.165) is 15.9 Å². The zero-order valence-electron chi connectivity index (χ0n) is 13.1. The lowest BCUT2D eigenvalue weighted by Crippen LogP contribution is -2.12. The summed E-state index contributed by atoms with van der Waals surface area (Å²) in [4.78, 5) is 16.6. The third kappa shape index (κ3) is 3.68. The molecule has 0 spiro atoms. The summed E-state index contributed by atoms with van der Waals surface area (Å²) in [5, 5.41) is 9.51. The third-order valence-corrected chi connectivity index (χ3v) is 6.13. The summed E-state index contributed by atoms with van der Waals surface area (Å²) in [5.41, 5.74) is 2.22. The smallest absolute Gasteiger partial charge is 0.277 e. The number of hydrogen-bond acceptors (Lipinski definition) is 7. The first-order valence-corrected chi connectivity index (χ1v) is 9.86. The number of nitrogens with one attached hydrogen (secondary N) is 2. The summed E-state index contributed by atoms with van der Waals surface area (Å²) in [6.45, 7) is 0. The van der Waals surface area contributed by atoms with Gasteiger partial charge in [-0.15, -0.1) is 11.3 Å². The number of benzene rings is 1. The lowest BCUT2D eigenvalue weighted by Gasteiger charge is -2.02. The van der Waals surface area contributed by atoms with Crippen molar-refractivity contribution < 1.29 is 4.79 Å². The van der Waals surface area contributed by atoms with Gasteiger partial charge in [0, 0.05) is 18.9 Å². The number of thiophene rings is 1. The van der Waals surface area contributed by atoms with Gasteiger partial charge in [0.2, 0.25) is 0 Å². The minimum atomic E-state index is -0.258. The molecular weight excluding hydrogens is 374 g/mol. The Labute approximate surface area is 156 Å². The molecule has 0 aliphatic rings. The molecule has 0 aliphatic heterocycles. The maximum Gasteiger partial charge on any atom is 0.277 e. The molecule has 0 saturated heterocycles. The largest absolute Gasteiger partial charge is 0.325 e. The molecule has 6 nitrogen and oxygen atoms in total. The number of fused-ring (bicyclic) bond motifs is 1. The van der Waals surface area contributed by atoms with Gasteiger partial charge in [0.25, 0.3) is 5.91 Å². The Bertz CT molecular complexity index is 1020. The van der Waals surface area contributed by atoms with E-state index >= 15 is 0 Å². The summed E-state index contributed by atoms with van der Waals surface area (Å²) < 4.78 is 7.13. The molecule has 0 fully saturated rings. The second kappa shape index (κ2) is 6.87. The third-order valence-electron chi connectivity index (χ3n) is 3.32. The summed E-state index contributed by atoms with van der Waals surface area (Å²) in [7, 11) is 1.78. The molecule has 0 unspecified atom stereocenters. The summed E-state index contributed by atoms with van der Waals surface area (Å²) >= 11 is 4.71. The molecule has 3 heterocycles. The van der Waals surface area contributed by atoms with E-state index in [1.54, 1.807) is 47.3 Å². The van der Waals surface area contributed by atoms with E-state index in [-0.39, 0.29) is 5.91 Å². The first-order chi connectivity index (χ1) is 12.2. The number of rotatable bonds is 5. The van der Waals surface area contributed by atoms with Gasteiger partial charge < -0.3 is 4.72 Å². The van der Waals surface area contributed by atoms with Crippen LogP contribution in [0.2, 0.25) is 0 Å². The van der Waals surface area contributed by atoms with Crippen LogP contribution in [0.4, 0.5) is 10.8 Å². The highest BCUT2D eigenvalue weighted by Crippen LogP contribution is 2.31. The van der Waals surface area contributed by atoms with E-state index in [1.165, 1.54) is 15.5 Å². The van der Waals surface area contributed by atoms with E-state index < -0.39 is 0 Å². The van der Waals surface area contributed by atoms with Crippen molar-refractivity contribution >= 4 is 61.6 Å². The molecule has 9 heteroatoms. The van der Waals surface area contributed by atoms with Crippen LogP contribution >= 0.6 is 34.6 Å². The van der Waals surface area contributed by atoms with Gasteiger partial charge in [0.15, 0.2) is 10.8 Å². The zero-order chi connectivity index (χ0) is 17.2. The quantitative estimate of drug-likeness (QED) is 0.495. The van der Waals surface area contributed by atoms with E-state index in [9.17, 15) is 4.79 Å². The van der Waals surface area contributed by atoms with Crippen LogP contribution in [0.25, 0.3) is 10.2 Å². The molecule has 0 atom stereocenters. The second-order valence-corrected chi connectivity index (χ2v) is 8.25. The van der Waals surface area contributed by atoms with Gasteiger partial charge in [-0.25, -0.2) is 4.98 Å². The highest BCUT2D eigenvalue weighted by atomic mass is 32.2. The Morgan fingerprint density at radius 2 is 2.20 bits per heavy atom. The van der Waals surface area contributed by atoms with Crippen molar-refractivity contribution in [2.45, 2.75) is 4.21 Å². The van der Waals surface area contributed by atoms with Gasteiger partial charge >= 0.3 is 0 Å². The Kier molecular flexibility index (Phi) is 4.43. The number of aryl methyl sites for hydroxylation is 1. The molecule has 0 radical (unpaired) electrons. The summed E-state index contributed by atoms with van der Waals surface area (Å²) in [6.07, 6.45) is 1.73. The Morgan fingerprint density at radius 1 is 1.28 bits per heavy atom. The number of carbonyl (C=O) groups excluding carboxylic acids is 1. The van der Waals surface area contributed by atoms with Gasteiger partial charge in [0.05, 0.1) is 14.4 Å². The highest BCUT2D eigenvalue weighted by Gasteiger charge is 2.12. The van der Waals surface area contributed by atoms with Crippen molar-refractivity contribution in [1.82, 2.24) is 14.8 Å². The van der Waals surface area contributed by atoms with Crippen LogP contribution in [0.15, 0.2) is 52.2 Å². The Hall–Kier alpha value is -2.36. The topological polar surface area (TPSA) is 71.8 Å². The number of nitrogens with zero attached hydrogens (tertiary/aromatic N) is 3. The molecular formula is C16H13N5OS3. The normalized spacial score (nSPS) is 10.9. The lowest BCUT2D eigenvalue weighted by atomic mass is 10.3. The van der Waals surface area contributed by atoms with Crippen molar-refractivity contribution in [1.29, 1.82) is 0 Å². The van der Waals surface area contributed by atoms with Gasteiger partial charge in [-0.3, -0.25) is 14.8 Å². The molecule has 0 aliphatic carbocycles. The fourth-order valence-electron chi connectivity index (χ4n) is 2.17. The maximum atomic E-state index is 12.2. The number of aromatic nitrogens is 3. The van der Waals surface area contributed by atoms with Gasteiger partial charge in [-0.2, -0.15) is 5.10 Å². The zero-order valence-corrected chi connectivity index (χ0v) is 15.5. The predicted molar refractivity (Wildman–Crippen MR) is 105 cm³/mol. The van der Waals surface area contributed by atoms with Crippen LogP contribution in [-0.4, -0.2) is 20.7 Å². The van der Waals surface area contributed by atoms with Crippen molar-refractivity contribution in [2.24, 2.45) is 7.05 Å². The van der Waals surface area contributed by atoms with Crippen LogP contribution in [0, 0.1) is 0 Å². The van der Waals surface area contributed by atoms with E-state index in [0.29, 0.717) is 10.8 Å². The number of amides is 1. The van der Waals surface area contributed by atoms with Crippen LogP contribution in [0.5, 0.6) is 0 Å². The standard InChI is InChI=1S/C16H13N5OS3/c1-21-7-6-12(19-21)15(22)18-16-17-11-5-4-10(9-13(11)24-16)20-25-14-3-2-8-23-14/h2-9,20H,1H3,(H,17,18,22). The second-order valence-electron chi connectivity index (χ2n) is 5.17. The molecule has 2 N–H and O–H groups in total. The van der Waals surface area contributed by atoms with Crippen molar-refractivity contribution in [2.75, 3.05) is 10.0 Å². The van der Waals surface area contributed by atoms with Crippen molar-refractivity contribution in [3.63, 3.8) is 0 Å². The van der Waals surface area contributed by atoms with Crippen LogP contribution in [0.1, 0.15) is 10.5 Å². The van der Waals surface area contributed by atoms with E-state index in [1.807, 2.05) is 29.6 Å². The van der Waals surface area contributed by atoms with Crippen LogP contribution in [0.3, 0.4) is 0 Å². The van der Waals surface area contributed by atoms with Gasteiger partial charge in [0.1, 0.15) is 0 Å². The van der Waals surface area contributed by atoms with Crippen molar-refractivity contribution in [3.05, 3.63) is 53.7 Å². The van der Waals surface area contributed by atoms with Gasteiger partial charge in [-0.05, 0) is 47.7 Å².